The lowest BCUT2D eigenvalue weighted by Crippen LogP contribution is -2.09. The van der Waals surface area contributed by atoms with E-state index < -0.39 is 4.92 Å². The van der Waals surface area contributed by atoms with E-state index in [1.165, 1.54) is 10.8 Å². The van der Waals surface area contributed by atoms with Gasteiger partial charge in [0.1, 0.15) is 19.3 Å². The fourth-order valence-electron chi connectivity index (χ4n) is 1.07. The van der Waals surface area contributed by atoms with Gasteiger partial charge in [-0.15, -0.1) is 0 Å². The number of carbonyl (C=O) groups is 1. The zero-order valence-corrected chi connectivity index (χ0v) is 7.54. The van der Waals surface area contributed by atoms with Gasteiger partial charge in [0, 0.05) is 6.92 Å². The summed E-state index contributed by atoms with van der Waals surface area (Å²) in [4.78, 5) is 23.6. The highest BCUT2D eigenvalue weighted by Crippen LogP contribution is 2.12. The molecule has 0 unspecified atom stereocenters. The van der Waals surface area contributed by atoms with Crippen LogP contribution in [0.15, 0.2) is 6.20 Å². The smallest absolute Gasteiger partial charge is 0.342 e. The lowest BCUT2D eigenvalue weighted by Gasteiger charge is -2.01. The van der Waals surface area contributed by atoms with Gasteiger partial charge in [-0.25, -0.2) is 9.55 Å². The molecule has 0 saturated heterocycles. The van der Waals surface area contributed by atoms with Crippen molar-refractivity contribution in [1.29, 1.82) is 0 Å². The summed E-state index contributed by atoms with van der Waals surface area (Å²) in [5, 5.41) is 10.5. The highest BCUT2D eigenvalue weighted by molar-refractivity contribution is 5.36. The second-order valence-electron chi connectivity index (χ2n) is 2.54. The van der Waals surface area contributed by atoms with Gasteiger partial charge >= 0.3 is 5.82 Å². The maximum atomic E-state index is 10.5. The van der Waals surface area contributed by atoms with Crippen LogP contribution in [0.3, 0.4) is 0 Å². The molecule has 0 N–H and O–H groups in total. The molecule has 0 saturated carbocycles. The predicted molar refractivity (Wildman–Crippen MR) is 45.6 cm³/mol. The molecule has 14 heavy (non-hydrogen) atoms. The van der Waals surface area contributed by atoms with Gasteiger partial charge in [-0.05, 0) is 4.92 Å². The Bertz CT molecular complexity index is 347. The van der Waals surface area contributed by atoms with Crippen LogP contribution >= 0.6 is 0 Å². The third-order valence-corrected chi connectivity index (χ3v) is 1.72. The number of carbonyl (C=O) groups excluding carboxylic acids is 1. The molecular formula is C7H9N3O4. The van der Waals surface area contributed by atoms with Crippen LogP contribution in [0, 0.1) is 17.0 Å². The second-order valence-corrected chi connectivity index (χ2v) is 2.54. The van der Waals surface area contributed by atoms with Crippen LogP contribution in [-0.2, 0) is 16.1 Å². The van der Waals surface area contributed by atoms with Crippen LogP contribution in [0.5, 0.6) is 0 Å². The third kappa shape index (κ3) is 2.06. The van der Waals surface area contributed by atoms with Crippen molar-refractivity contribution in [3.05, 3.63) is 22.1 Å². The monoisotopic (exact) mass is 199 g/mol. The number of aryl methyl sites for hydroxylation is 1. The van der Waals surface area contributed by atoms with Crippen molar-refractivity contribution >= 4 is 12.3 Å². The first-order chi connectivity index (χ1) is 6.66. The summed E-state index contributed by atoms with van der Waals surface area (Å²) in [5.41, 5.74) is 0. The average molecular weight is 199 g/mol. The summed E-state index contributed by atoms with van der Waals surface area (Å²) >= 11 is 0. The van der Waals surface area contributed by atoms with Crippen LogP contribution in [-0.4, -0.2) is 27.6 Å². The summed E-state index contributed by atoms with van der Waals surface area (Å²) in [7, 11) is 0. The molecule has 1 rings (SSSR count). The molecule has 0 radical (unpaired) electrons. The minimum atomic E-state index is -0.527. The Balaban J connectivity index is 2.77. The first-order valence-electron chi connectivity index (χ1n) is 3.88. The molecule has 0 aliphatic heterocycles. The van der Waals surface area contributed by atoms with E-state index in [1.807, 2.05) is 0 Å². The normalized spacial score (nSPS) is 9.79. The highest BCUT2D eigenvalue weighted by atomic mass is 16.6. The van der Waals surface area contributed by atoms with Gasteiger partial charge < -0.3 is 14.9 Å². The van der Waals surface area contributed by atoms with Gasteiger partial charge in [0.05, 0.1) is 0 Å². The van der Waals surface area contributed by atoms with Crippen molar-refractivity contribution in [2.45, 2.75) is 13.5 Å². The number of rotatable bonds is 5. The van der Waals surface area contributed by atoms with E-state index in [9.17, 15) is 14.9 Å². The largest absolute Gasteiger partial charge is 0.464 e. The molecule has 0 bridgehead atoms. The fourth-order valence-corrected chi connectivity index (χ4v) is 1.07. The Morgan fingerprint density at radius 1 is 1.79 bits per heavy atom. The van der Waals surface area contributed by atoms with Crippen molar-refractivity contribution in [2.75, 3.05) is 6.61 Å². The molecular weight excluding hydrogens is 190 g/mol. The number of hydrogen-bond donors (Lipinski definition) is 0. The number of hydrogen-bond acceptors (Lipinski definition) is 5. The number of ether oxygens (including phenoxy) is 1. The molecule has 1 aromatic heterocycles. The first-order valence-corrected chi connectivity index (χ1v) is 3.88. The molecule has 0 spiro atoms. The maximum Gasteiger partial charge on any atom is 0.342 e. The Labute approximate surface area is 79.5 Å². The zero-order chi connectivity index (χ0) is 10.6. The van der Waals surface area contributed by atoms with Crippen LogP contribution in [0.4, 0.5) is 5.82 Å². The van der Waals surface area contributed by atoms with Crippen molar-refractivity contribution in [1.82, 2.24) is 9.55 Å². The fraction of sp³-hybridized carbons (Fsp3) is 0.429. The van der Waals surface area contributed by atoms with Gasteiger partial charge in [-0.1, -0.05) is 0 Å². The summed E-state index contributed by atoms with van der Waals surface area (Å²) in [5.74, 6) is 0.420. The van der Waals surface area contributed by atoms with Crippen molar-refractivity contribution in [2.24, 2.45) is 0 Å². The van der Waals surface area contributed by atoms with Crippen molar-refractivity contribution in [3.8, 4) is 0 Å². The summed E-state index contributed by atoms with van der Waals surface area (Å²) in [6, 6.07) is 0. The molecule has 0 aliphatic rings. The van der Waals surface area contributed by atoms with E-state index in [0.717, 1.165) is 0 Å². The molecule has 7 nitrogen and oxygen atoms in total. The molecule has 0 amide bonds. The van der Waals surface area contributed by atoms with Gasteiger partial charge in [0.25, 0.3) is 6.47 Å². The maximum absolute atomic E-state index is 10.5. The van der Waals surface area contributed by atoms with E-state index in [1.54, 1.807) is 6.92 Å². The van der Waals surface area contributed by atoms with Gasteiger partial charge in [0.15, 0.2) is 5.82 Å². The number of aromatic nitrogens is 2. The molecule has 0 aromatic carbocycles. The lowest BCUT2D eigenvalue weighted by molar-refractivity contribution is -0.392. The Hall–Kier alpha value is -1.92. The van der Waals surface area contributed by atoms with Crippen molar-refractivity contribution in [3.63, 3.8) is 0 Å². The molecule has 1 heterocycles. The SMILES string of the molecule is Cc1ncc([N+](=O)[O-])n1CCOC=O. The molecule has 76 valence electrons. The molecule has 0 fully saturated rings. The summed E-state index contributed by atoms with van der Waals surface area (Å²) < 4.78 is 5.82. The third-order valence-electron chi connectivity index (χ3n) is 1.72. The van der Waals surface area contributed by atoms with Crippen LogP contribution < -0.4 is 0 Å². The summed E-state index contributed by atoms with van der Waals surface area (Å²) in [6.45, 7) is 2.29. The zero-order valence-electron chi connectivity index (χ0n) is 7.54. The van der Waals surface area contributed by atoms with Crippen LogP contribution in [0.2, 0.25) is 0 Å². The molecule has 0 atom stereocenters. The topological polar surface area (TPSA) is 87.3 Å². The van der Waals surface area contributed by atoms with E-state index in [-0.39, 0.29) is 19.0 Å². The van der Waals surface area contributed by atoms with Gasteiger partial charge in [-0.2, -0.15) is 0 Å². The highest BCUT2D eigenvalue weighted by Gasteiger charge is 2.16. The number of imidazole rings is 1. The quantitative estimate of drug-likeness (QED) is 0.294. The Morgan fingerprint density at radius 2 is 2.50 bits per heavy atom. The Morgan fingerprint density at radius 3 is 3.07 bits per heavy atom. The molecule has 0 aliphatic carbocycles. The van der Waals surface area contributed by atoms with E-state index >= 15 is 0 Å². The van der Waals surface area contributed by atoms with Crippen LogP contribution in [0.25, 0.3) is 0 Å². The van der Waals surface area contributed by atoms with Crippen molar-refractivity contribution < 1.29 is 14.5 Å². The van der Waals surface area contributed by atoms with E-state index in [0.29, 0.717) is 12.3 Å². The van der Waals surface area contributed by atoms with Gasteiger partial charge in [-0.3, -0.25) is 4.79 Å². The minimum Gasteiger partial charge on any atom is -0.464 e. The molecule has 7 heteroatoms. The minimum absolute atomic E-state index is 0.0987. The molecule has 1 aromatic rings. The Kier molecular flexibility index (Phi) is 3.16. The second kappa shape index (κ2) is 4.35. The number of nitrogens with zero attached hydrogens (tertiary/aromatic N) is 3. The lowest BCUT2D eigenvalue weighted by atomic mass is 10.6. The van der Waals surface area contributed by atoms with E-state index in [2.05, 4.69) is 9.72 Å². The van der Waals surface area contributed by atoms with Crippen LogP contribution in [0.1, 0.15) is 5.82 Å². The average Bonchev–Trinajstić information content (AvgIpc) is 2.48. The van der Waals surface area contributed by atoms with E-state index in [4.69, 9.17) is 0 Å². The van der Waals surface area contributed by atoms with Gasteiger partial charge in [0.2, 0.25) is 0 Å². The number of nitro groups is 1. The summed E-state index contributed by atoms with van der Waals surface area (Å²) in [6.07, 6.45) is 1.18. The standard InChI is InChI=1S/C7H9N3O4/c1-6-8-4-7(10(12)13)9(6)2-3-14-5-11/h4-5H,2-3H2,1H3. The predicted octanol–water partition coefficient (Wildman–Crippen LogP) is 0.273. The first kappa shape index (κ1) is 10.2.